The zero-order chi connectivity index (χ0) is 25.3. The van der Waals surface area contributed by atoms with Gasteiger partial charge in [-0.3, -0.25) is 14.3 Å². The molecule has 188 valence electrons. The SMILES string of the molecule is CCCCCC(O)c1ccc(N(CCCCc2ccc(S(=O)(=O)O)o2)C(=O)c2ccccc2)cn1. The van der Waals surface area contributed by atoms with Gasteiger partial charge in [0.1, 0.15) is 5.76 Å². The molecule has 8 nitrogen and oxygen atoms in total. The molecule has 0 radical (unpaired) electrons. The molecule has 9 heteroatoms. The Morgan fingerprint density at radius 2 is 1.80 bits per heavy atom. The van der Waals surface area contributed by atoms with Crippen molar-refractivity contribution in [3.05, 3.63) is 77.8 Å². The van der Waals surface area contributed by atoms with Crippen LogP contribution in [0.3, 0.4) is 0 Å². The smallest absolute Gasteiger partial charge is 0.328 e. The van der Waals surface area contributed by atoms with Crippen molar-refractivity contribution in [2.75, 3.05) is 11.4 Å². The van der Waals surface area contributed by atoms with Gasteiger partial charge < -0.3 is 14.4 Å². The van der Waals surface area contributed by atoms with Gasteiger partial charge in [0.05, 0.1) is 23.7 Å². The molecule has 0 aliphatic carbocycles. The van der Waals surface area contributed by atoms with Crippen LogP contribution in [-0.4, -0.2) is 35.5 Å². The second-order valence-corrected chi connectivity index (χ2v) is 9.78. The number of aliphatic hydroxyl groups is 1. The van der Waals surface area contributed by atoms with E-state index >= 15 is 0 Å². The topological polar surface area (TPSA) is 121 Å². The molecular formula is C26H32N2O6S. The number of rotatable bonds is 13. The van der Waals surface area contributed by atoms with Gasteiger partial charge in [0.2, 0.25) is 5.09 Å². The summed E-state index contributed by atoms with van der Waals surface area (Å²) in [6.07, 6.45) is 6.44. The fraction of sp³-hybridized carbons (Fsp3) is 0.385. The maximum Gasteiger partial charge on any atom is 0.328 e. The first-order chi connectivity index (χ1) is 16.8. The number of aromatic nitrogens is 1. The molecular weight excluding hydrogens is 468 g/mol. The van der Waals surface area contributed by atoms with Crippen molar-refractivity contribution in [2.24, 2.45) is 0 Å². The minimum Gasteiger partial charge on any atom is -0.447 e. The van der Waals surface area contributed by atoms with E-state index in [9.17, 15) is 18.3 Å². The summed E-state index contributed by atoms with van der Waals surface area (Å²) in [6.45, 7) is 2.53. The number of anilines is 1. The molecule has 0 aliphatic rings. The van der Waals surface area contributed by atoms with E-state index in [2.05, 4.69) is 11.9 Å². The third-order valence-electron chi connectivity index (χ3n) is 5.72. The summed E-state index contributed by atoms with van der Waals surface area (Å²) in [6, 6.07) is 15.3. The van der Waals surface area contributed by atoms with Crippen LogP contribution in [0, 0.1) is 0 Å². The van der Waals surface area contributed by atoms with Crippen molar-refractivity contribution in [3.8, 4) is 0 Å². The summed E-state index contributed by atoms with van der Waals surface area (Å²) in [5, 5.41) is 9.92. The number of hydrogen-bond donors (Lipinski definition) is 2. The van der Waals surface area contributed by atoms with E-state index in [1.165, 1.54) is 12.1 Å². The van der Waals surface area contributed by atoms with Crippen molar-refractivity contribution < 1.29 is 27.3 Å². The van der Waals surface area contributed by atoms with Gasteiger partial charge in [-0.1, -0.05) is 44.4 Å². The molecule has 0 fully saturated rings. The number of carbonyl (C=O) groups is 1. The first-order valence-corrected chi connectivity index (χ1v) is 13.3. The third-order valence-corrected chi connectivity index (χ3v) is 6.44. The highest BCUT2D eigenvalue weighted by Crippen LogP contribution is 2.23. The Morgan fingerprint density at radius 3 is 2.43 bits per heavy atom. The fourth-order valence-electron chi connectivity index (χ4n) is 3.77. The normalized spacial score (nSPS) is 12.4. The Kier molecular flexibility index (Phi) is 9.59. The fourth-order valence-corrected chi connectivity index (χ4v) is 4.23. The van der Waals surface area contributed by atoms with Gasteiger partial charge in [-0.05, 0) is 55.7 Å². The highest BCUT2D eigenvalue weighted by atomic mass is 32.2. The van der Waals surface area contributed by atoms with E-state index in [0.29, 0.717) is 54.9 Å². The summed E-state index contributed by atoms with van der Waals surface area (Å²) >= 11 is 0. The third kappa shape index (κ3) is 7.74. The minimum atomic E-state index is -4.36. The van der Waals surface area contributed by atoms with E-state index in [4.69, 9.17) is 8.97 Å². The van der Waals surface area contributed by atoms with Crippen molar-refractivity contribution in [1.82, 2.24) is 4.98 Å². The molecule has 1 unspecified atom stereocenters. The molecule has 0 saturated heterocycles. The quantitative estimate of drug-likeness (QED) is 0.244. The van der Waals surface area contributed by atoms with Crippen LogP contribution >= 0.6 is 0 Å². The number of aliphatic hydroxyl groups excluding tert-OH is 1. The number of furan rings is 1. The van der Waals surface area contributed by atoms with Gasteiger partial charge in [0.15, 0.2) is 0 Å². The largest absolute Gasteiger partial charge is 0.447 e. The van der Waals surface area contributed by atoms with Crippen LogP contribution in [0.4, 0.5) is 5.69 Å². The lowest BCUT2D eigenvalue weighted by Gasteiger charge is -2.23. The maximum absolute atomic E-state index is 13.3. The van der Waals surface area contributed by atoms with Crippen molar-refractivity contribution in [2.45, 2.75) is 63.1 Å². The van der Waals surface area contributed by atoms with Crippen LogP contribution in [-0.2, 0) is 16.5 Å². The van der Waals surface area contributed by atoms with E-state index in [1.54, 1.807) is 35.4 Å². The van der Waals surface area contributed by atoms with Crippen LogP contribution in [0.1, 0.15) is 73.4 Å². The molecule has 2 N–H and O–H groups in total. The molecule has 1 aromatic carbocycles. The van der Waals surface area contributed by atoms with E-state index in [0.717, 1.165) is 19.3 Å². The van der Waals surface area contributed by atoms with Crippen LogP contribution in [0.15, 0.2) is 70.3 Å². The van der Waals surface area contributed by atoms with E-state index < -0.39 is 21.3 Å². The first kappa shape index (κ1) is 26.6. The Balaban J connectivity index is 1.67. The van der Waals surface area contributed by atoms with Crippen LogP contribution in [0.2, 0.25) is 0 Å². The summed E-state index contributed by atoms with van der Waals surface area (Å²) < 4.78 is 36.6. The first-order valence-electron chi connectivity index (χ1n) is 11.9. The van der Waals surface area contributed by atoms with Crippen molar-refractivity contribution >= 4 is 21.7 Å². The maximum atomic E-state index is 13.3. The van der Waals surface area contributed by atoms with Gasteiger partial charge in [-0.2, -0.15) is 8.42 Å². The van der Waals surface area contributed by atoms with Gasteiger partial charge in [-0.25, -0.2) is 0 Å². The number of unbranched alkanes of at least 4 members (excludes halogenated alkanes) is 3. The second-order valence-electron chi connectivity index (χ2n) is 8.43. The van der Waals surface area contributed by atoms with Gasteiger partial charge >= 0.3 is 10.1 Å². The average molecular weight is 501 g/mol. The molecule has 0 saturated carbocycles. The molecule has 0 spiro atoms. The molecule has 0 aliphatic heterocycles. The monoisotopic (exact) mass is 500 g/mol. The number of nitrogens with zero attached hydrogens (tertiary/aromatic N) is 2. The lowest BCUT2D eigenvalue weighted by atomic mass is 10.1. The number of aryl methyl sites for hydroxylation is 1. The molecule has 2 aromatic heterocycles. The standard InChI is InChI=1S/C26H32N2O6S/c1-2-3-5-13-24(29)23-16-14-21(19-27-23)28(26(30)20-10-6-4-7-11-20)18-9-8-12-22-15-17-25(34-22)35(31,32)33/h4,6-7,10-11,14-17,19,24,29H,2-3,5,8-9,12-13,18H2,1H3,(H,31,32,33). The van der Waals surface area contributed by atoms with Crippen LogP contribution < -0.4 is 4.90 Å². The number of amides is 1. The predicted molar refractivity (Wildman–Crippen MR) is 133 cm³/mol. The zero-order valence-corrected chi connectivity index (χ0v) is 20.7. The summed E-state index contributed by atoms with van der Waals surface area (Å²) in [4.78, 5) is 19.3. The lowest BCUT2D eigenvalue weighted by molar-refractivity contribution is 0.0986. The highest BCUT2D eigenvalue weighted by molar-refractivity contribution is 7.85. The van der Waals surface area contributed by atoms with Gasteiger partial charge in [0, 0.05) is 18.5 Å². The molecule has 35 heavy (non-hydrogen) atoms. The molecule has 1 amide bonds. The number of hydrogen-bond acceptors (Lipinski definition) is 6. The summed E-state index contributed by atoms with van der Waals surface area (Å²) in [5.41, 5.74) is 1.78. The van der Waals surface area contributed by atoms with Gasteiger partial charge in [-0.15, -0.1) is 0 Å². The second kappa shape index (κ2) is 12.6. The molecule has 1 atom stereocenters. The Labute approximate surface area is 206 Å². The number of carbonyl (C=O) groups excluding carboxylic acids is 1. The molecule has 2 heterocycles. The Bertz CT molecular complexity index is 1180. The van der Waals surface area contributed by atoms with E-state index in [-0.39, 0.29) is 5.91 Å². The minimum absolute atomic E-state index is 0.157. The Morgan fingerprint density at radius 1 is 1.03 bits per heavy atom. The number of benzene rings is 1. The number of pyridine rings is 1. The Hall–Kier alpha value is -3.01. The molecule has 0 bridgehead atoms. The summed E-state index contributed by atoms with van der Waals surface area (Å²) in [7, 11) is -4.36. The zero-order valence-electron chi connectivity index (χ0n) is 19.8. The predicted octanol–water partition coefficient (Wildman–Crippen LogP) is 5.20. The van der Waals surface area contributed by atoms with Gasteiger partial charge in [0.25, 0.3) is 5.91 Å². The average Bonchev–Trinajstić information content (AvgIpc) is 3.34. The molecule has 3 aromatic rings. The van der Waals surface area contributed by atoms with Crippen LogP contribution in [0.5, 0.6) is 0 Å². The lowest BCUT2D eigenvalue weighted by Crippen LogP contribution is -2.32. The van der Waals surface area contributed by atoms with Crippen LogP contribution in [0.25, 0.3) is 0 Å². The van der Waals surface area contributed by atoms with E-state index in [1.807, 2.05) is 18.2 Å². The highest BCUT2D eigenvalue weighted by Gasteiger charge is 2.19. The van der Waals surface area contributed by atoms with Crippen molar-refractivity contribution in [1.29, 1.82) is 0 Å². The van der Waals surface area contributed by atoms with Crippen molar-refractivity contribution in [3.63, 3.8) is 0 Å². The molecule has 3 rings (SSSR count). The summed E-state index contributed by atoms with van der Waals surface area (Å²) in [5.74, 6) is 0.289.